The van der Waals surface area contributed by atoms with E-state index in [0.717, 1.165) is 31.5 Å². The lowest BCUT2D eigenvalue weighted by molar-refractivity contribution is -0.148. The van der Waals surface area contributed by atoms with Crippen LogP contribution in [0.2, 0.25) is 0 Å². The predicted octanol–water partition coefficient (Wildman–Crippen LogP) is 1.56. The SMILES string of the molecule is O=C(C(c1ccc(F)cc1)N1CCCCC1)N1CC(O)C1. The van der Waals surface area contributed by atoms with E-state index in [2.05, 4.69) is 4.90 Å². The summed E-state index contributed by atoms with van der Waals surface area (Å²) in [4.78, 5) is 16.6. The lowest BCUT2D eigenvalue weighted by atomic mass is 9.98. The van der Waals surface area contributed by atoms with Crippen LogP contribution in [-0.2, 0) is 4.79 Å². The van der Waals surface area contributed by atoms with Crippen LogP contribution in [0.4, 0.5) is 4.39 Å². The zero-order valence-corrected chi connectivity index (χ0v) is 12.0. The Morgan fingerprint density at radius 2 is 1.76 bits per heavy atom. The largest absolute Gasteiger partial charge is 0.389 e. The second-order valence-corrected chi connectivity index (χ2v) is 5.95. The van der Waals surface area contributed by atoms with Crippen molar-refractivity contribution in [1.82, 2.24) is 9.80 Å². The Morgan fingerprint density at radius 3 is 2.33 bits per heavy atom. The van der Waals surface area contributed by atoms with E-state index < -0.39 is 6.10 Å². The minimum Gasteiger partial charge on any atom is -0.389 e. The molecular weight excluding hydrogens is 271 g/mol. The van der Waals surface area contributed by atoms with Crippen LogP contribution in [-0.4, -0.2) is 53.1 Å². The number of amides is 1. The summed E-state index contributed by atoms with van der Waals surface area (Å²) in [5, 5.41) is 9.41. The molecule has 0 aliphatic carbocycles. The molecule has 2 fully saturated rings. The van der Waals surface area contributed by atoms with Gasteiger partial charge in [-0.05, 0) is 43.6 Å². The highest BCUT2D eigenvalue weighted by molar-refractivity contribution is 5.84. The molecule has 2 saturated heterocycles. The summed E-state index contributed by atoms with van der Waals surface area (Å²) < 4.78 is 13.1. The number of aliphatic hydroxyl groups is 1. The summed E-state index contributed by atoms with van der Waals surface area (Å²) in [6, 6.07) is 5.86. The van der Waals surface area contributed by atoms with Gasteiger partial charge >= 0.3 is 0 Å². The highest BCUT2D eigenvalue weighted by atomic mass is 19.1. The summed E-state index contributed by atoms with van der Waals surface area (Å²) in [5.74, 6) is -0.267. The average molecular weight is 292 g/mol. The molecule has 1 amide bonds. The van der Waals surface area contributed by atoms with E-state index >= 15 is 0 Å². The molecule has 0 radical (unpaired) electrons. The lowest BCUT2D eigenvalue weighted by Gasteiger charge is -2.42. The second-order valence-electron chi connectivity index (χ2n) is 5.95. The number of hydrogen-bond acceptors (Lipinski definition) is 3. The zero-order valence-electron chi connectivity index (χ0n) is 12.0. The van der Waals surface area contributed by atoms with Gasteiger partial charge in [-0.15, -0.1) is 0 Å². The molecule has 0 bridgehead atoms. The number of β-amino-alcohol motifs (C(OH)–C–C–N with tert-alkyl or cyclic N) is 1. The van der Waals surface area contributed by atoms with E-state index in [9.17, 15) is 14.3 Å². The van der Waals surface area contributed by atoms with Crippen molar-refractivity contribution in [2.75, 3.05) is 26.2 Å². The van der Waals surface area contributed by atoms with Crippen LogP contribution < -0.4 is 0 Å². The summed E-state index contributed by atoms with van der Waals surface area (Å²) in [5.41, 5.74) is 0.838. The minimum atomic E-state index is -0.399. The number of piperidine rings is 1. The first-order chi connectivity index (χ1) is 10.1. The third-order valence-corrected chi connectivity index (χ3v) is 4.35. The number of halogens is 1. The maximum Gasteiger partial charge on any atom is 0.244 e. The number of likely N-dealkylation sites (tertiary alicyclic amines) is 2. The van der Waals surface area contributed by atoms with Gasteiger partial charge < -0.3 is 10.0 Å². The van der Waals surface area contributed by atoms with Crippen molar-refractivity contribution in [2.24, 2.45) is 0 Å². The monoisotopic (exact) mass is 292 g/mol. The maximum atomic E-state index is 13.1. The molecule has 1 aromatic rings. The Balaban J connectivity index is 1.82. The van der Waals surface area contributed by atoms with Crippen molar-refractivity contribution < 1.29 is 14.3 Å². The number of hydrogen-bond donors (Lipinski definition) is 1. The molecule has 0 aromatic heterocycles. The summed E-state index contributed by atoms with van der Waals surface area (Å²) in [7, 11) is 0. The van der Waals surface area contributed by atoms with Gasteiger partial charge in [0.2, 0.25) is 5.91 Å². The molecule has 0 saturated carbocycles. The average Bonchev–Trinajstić information content (AvgIpc) is 2.47. The number of benzene rings is 1. The van der Waals surface area contributed by atoms with Crippen LogP contribution in [0.5, 0.6) is 0 Å². The van der Waals surface area contributed by atoms with Gasteiger partial charge in [0, 0.05) is 13.1 Å². The summed E-state index contributed by atoms with van der Waals surface area (Å²) >= 11 is 0. The van der Waals surface area contributed by atoms with Gasteiger partial charge in [0.05, 0.1) is 6.10 Å². The molecule has 114 valence electrons. The number of rotatable bonds is 3. The first-order valence-electron chi connectivity index (χ1n) is 7.61. The van der Waals surface area contributed by atoms with E-state index in [1.807, 2.05) is 0 Å². The predicted molar refractivity (Wildman–Crippen MR) is 77.2 cm³/mol. The molecule has 2 aliphatic rings. The molecule has 1 aromatic carbocycles. The van der Waals surface area contributed by atoms with Crippen LogP contribution in [0.3, 0.4) is 0 Å². The molecule has 2 aliphatic heterocycles. The van der Waals surface area contributed by atoms with Crippen molar-refractivity contribution in [3.05, 3.63) is 35.6 Å². The van der Waals surface area contributed by atoms with Crippen LogP contribution in [0, 0.1) is 5.82 Å². The lowest BCUT2D eigenvalue weighted by Crippen LogP contribution is -2.57. The molecule has 1 unspecified atom stereocenters. The highest BCUT2D eigenvalue weighted by Crippen LogP contribution is 2.28. The standard InChI is InChI=1S/C16H21FN2O2/c17-13-6-4-12(5-7-13)15(18-8-2-1-3-9-18)16(21)19-10-14(20)11-19/h4-7,14-15,20H,1-3,8-11H2. The number of carbonyl (C=O) groups is 1. The van der Waals surface area contributed by atoms with Gasteiger partial charge in [-0.25, -0.2) is 4.39 Å². The smallest absolute Gasteiger partial charge is 0.244 e. The minimum absolute atomic E-state index is 0.0220. The van der Waals surface area contributed by atoms with Crippen molar-refractivity contribution in [1.29, 1.82) is 0 Å². The highest BCUT2D eigenvalue weighted by Gasteiger charge is 2.37. The van der Waals surface area contributed by atoms with E-state index in [1.165, 1.54) is 18.6 Å². The Bertz CT molecular complexity index is 494. The van der Waals surface area contributed by atoms with Gasteiger partial charge in [0.25, 0.3) is 0 Å². The number of aliphatic hydroxyl groups excluding tert-OH is 1. The quantitative estimate of drug-likeness (QED) is 0.919. The molecule has 0 spiro atoms. The fourth-order valence-corrected chi connectivity index (χ4v) is 3.14. The third-order valence-electron chi connectivity index (χ3n) is 4.35. The second kappa shape index (κ2) is 6.12. The van der Waals surface area contributed by atoms with E-state index in [4.69, 9.17) is 0 Å². The topological polar surface area (TPSA) is 43.8 Å². The molecule has 1 N–H and O–H groups in total. The molecule has 3 rings (SSSR count). The molecule has 2 heterocycles. The zero-order chi connectivity index (χ0) is 14.8. The number of carbonyl (C=O) groups excluding carboxylic acids is 1. The van der Waals surface area contributed by atoms with Gasteiger partial charge in [-0.3, -0.25) is 9.69 Å². The summed E-state index contributed by atoms with van der Waals surface area (Å²) in [6.45, 7) is 2.60. The number of nitrogens with zero attached hydrogens (tertiary/aromatic N) is 2. The third kappa shape index (κ3) is 3.09. The van der Waals surface area contributed by atoms with E-state index in [0.29, 0.717) is 13.1 Å². The van der Waals surface area contributed by atoms with Crippen LogP contribution >= 0.6 is 0 Å². The molecule has 1 atom stereocenters. The first-order valence-corrected chi connectivity index (χ1v) is 7.61. The first kappa shape index (κ1) is 14.5. The molecular formula is C16H21FN2O2. The van der Waals surface area contributed by atoms with E-state index in [-0.39, 0.29) is 17.8 Å². The van der Waals surface area contributed by atoms with Crippen LogP contribution in [0.1, 0.15) is 30.9 Å². The normalized spacial score (nSPS) is 21.9. The fourth-order valence-electron chi connectivity index (χ4n) is 3.14. The summed E-state index contributed by atoms with van der Waals surface area (Å²) in [6.07, 6.45) is 2.98. The molecule has 21 heavy (non-hydrogen) atoms. The van der Waals surface area contributed by atoms with Crippen molar-refractivity contribution in [3.63, 3.8) is 0 Å². The Hall–Kier alpha value is -1.46. The van der Waals surface area contributed by atoms with Gasteiger partial charge in [-0.2, -0.15) is 0 Å². The Labute approximate surface area is 124 Å². The van der Waals surface area contributed by atoms with Gasteiger partial charge in [-0.1, -0.05) is 18.6 Å². The van der Waals surface area contributed by atoms with Crippen LogP contribution in [0.25, 0.3) is 0 Å². The Kier molecular flexibility index (Phi) is 4.22. The van der Waals surface area contributed by atoms with Gasteiger partial charge in [0.15, 0.2) is 0 Å². The van der Waals surface area contributed by atoms with Crippen molar-refractivity contribution >= 4 is 5.91 Å². The van der Waals surface area contributed by atoms with Crippen LogP contribution in [0.15, 0.2) is 24.3 Å². The molecule has 4 nitrogen and oxygen atoms in total. The van der Waals surface area contributed by atoms with E-state index in [1.54, 1.807) is 17.0 Å². The van der Waals surface area contributed by atoms with Gasteiger partial charge in [0.1, 0.15) is 11.9 Å². The van der Waals surface area contributed by atoms with Crippen molar-refractivity contribution in [3.8, 4) is 0 Å². The fraction of sp³-hybridized carbons (Fsp3) is 0.562. The Morgan fingerprint density at radius 1 is 1.14 bits per heavy atom. The maximum absolute atomic E-state index is 13.1. The van der Waals surface area contributed by atoms with Crippen molar-refractivity contribution in [2.45, 2.75) is 31.4 Å². The molecule has 5 heteroatoms.